The van der Waals surface area contributed by atoms with E-state index in [9.17, 15) is 4.39 Å². The van der Waals surface area contributed by atoms with Gasteiger partial charge in [0, 0.05) is 14.1 Å². The van der Waals surface area contributed by atoms with Gasteiger partial charge in [0.15, 0.2) is 0 Å². The topological polar surface area (TPSA) is 24.9 Å². The van der Waals surface area contributed by atoms with Crippen molar-refractivity contribution < 1.29 is 4.39 Å². The first-order chi connectivity index (χ1) is 8.08. The van der Waals surface area contributed by atoms with Crippen LogP contribution in [0.5, 0.6) is 0 Å². The van der Waals surface area contributed by atoms with Gasteiger partial charge >= 0.3 is 0 Å². The number of hydrogen-bond donors (Lipinski definition) is 1. The predicted octanol–water partition coefficient (Wildman–Crippen LogP) is 4.37. The van der Waals surface area contributed by atoms with Crippen molar-refractivity contribution in [1.82, 2.24) is 4.98 Å². The predicted molar refractivity (Wildman–Crippen MR) is 78.0 cm³/mol. The molecule has 0 amide bonds. The van der Waals surface area contributed by atoms with Crippen LogP contribution in [-0.4, -0.2) is 4.98 Å². The van der Waals surface area contributed by atoms with Crippen molar-refractivity contribution in [2.24, 2.45) is 0 Å². The third-order valence-electron chi connectivity index (χ3n) is 2.48. The number of nitrogens with one attached hydrogen (secondary N) is 1. The van der Waals surface area contributed by atoms with Gasteiger partial charge in [0.2, 0.25) is 0 Å². The zero-order chi connectivity index (χ0) is 12.4. The third kappa shape index (κ3) is 2.95. The van der Waals surface area contributed by atoms with Crippen molar-refractivity contribution in [3.05, 3.63) is 43.7 Å². The van der Waals surface area contributed by atoms with Crippen molar-refractivity contribution in [1.29, 1.82) is 0 Å². The Morgan fingerprint density at radius 2 is 2.24 bits per heavy atom. The van der Waals surface area contributed by atoms with E-state index in [4.69, 9.17) is 0 Å². The Morgan fingerprint density at radius 1 is 1.47 bits per heavy atom. The second-order valence-electron chi connectivity index (χ2n) is 3.79. The number of rotatable bonds is 3. The molecule has 17 heavy (non-hydrogen) atoms. The fourth-order valence-electron chi connectivity index (χ4n) is 1.63. The maximum absolute atomic E-state index is 13.0. The zero-order valence-electron chi connectivity index (χ0n) is 9.50. The zero-order valence-corrected chi connectivity index (χ0v) is 12.5. The molecule has 90 valence electrons. The van der Waals surface area contributed by atoms with E-state index in [1.807, 2.05) is 12.4 Å². The Labute approximate surface area is 117 Å². The molecule has 0 saturated carbocycles. The standard InChI is InChI=1S/C12H12FIN2S/c1-7-12(17-6-15-7)8(2)16-11-4-3-9(13)5-10(11)14/h3-6,8,16H,1-2H3. The summed E-state index contributed by atoms with van der Waals surface area (Å²) in [6.45, 7) is 4.08. The maximum Gasteiger partial charge on any atom is 0.124 e. The van der Waals surface area contributed by atoms with Gasteiger partial charge < -0.3 is 5.32 Å². The third-order valence-corrected chi connectivity index (χ3v) is 4.49. The van der Waals surface area contributed by atoms with Crippen LogP contribution in [0, 0.1) is 16.3 Å². The average Bonchev–Trinajstić information content (AvgIpc) is 2.68. The van der Waals surface area contributed by atoms with Crippen molar-refractivity contribution >= 4 is 39.6 Å². The molecular weight excluding hydrogens is 350 g/mol. The van der Waals surface area contributed by atoms with Gasteiger partial charge in [-0.3, -0.25) is 0 Å². The van der Waals surface area contributed by atoms with Crippen LogP contribution in [0.1, 0.15) is 23.5 Å². The summed E-state index contributed by atoms with van der Waals surface area (Å²) in [4.78, 5) is 5.45. The maximum atomic E-state index is 13.0. The minimum absolute atomic E-state index is 0.182. The highest BCUT2D eigenvalue weighted by atomic mass is 127. The van der Waals surface area contributed by atoms with Crippen molar-refractivity contribution in [2.75, 3.05) is 5.32 Å². The Bertz CT molecular complexity index is 527. The average molecular weight is 362 g/mol. The minimum Gasteiger partial charge on any atom is -0.377 e. The van der Waals surface area contributed by atoms with E-state index in [1.165, 1.54) is 17.0 Å². The monoisotopic (exact) mass is 362 g/mol. The van der Waals surface area contributed by atoms with E-state index in [2.05, 4.69) is 39.8 Å². The van der Waals surface area contributed by atoms with Crippen LogP contribution in [0.15, 0.2) is 23.7 Å². The lowest BCUT2D eigenvalue weighted by molar-refractivity contribution is 0.627. The van der Waals surface area contributed by atoms with Gasteiger partial charge in [0.25, 0.3) is 0 Å². The second-order valence-corrected chi connectivity index (χ2v) is 5.84. The van der Waals surface area contributed by atoms with Crippen molar-refractivity contribution in [3.8, 4) is 0 Å². The summed E-state index contributed by atoms with van der Waals surface area (Å²) in [7, 11) is 0. The Morgan fingerprint density at radius 3 is 2.82 bits per heavy atom. The van der Waals surface area contributed by atoms with E-state index < -0.39 is 0 Å². The van der Waals surface area contributed by atoms with E-state index in [1.54, 1.807) is 17.4 Å². The van der Waals surface area contributed by atoms with Crippen LogP contribution < -0.4 is 5.32 Å². The molecule has 1 aromatic heterocycles. The molecule has 0 radical (unpaired) electrons. The van der Waals surface area contributed by atoms with Crippen LogP contribution in [0.25, 0.3) is 0 Å². The summed E-state index contributed by atoms with van der Waals surface area (Å²) in [5, 5.41) is 3.38. The number of aryl methyl sites for hydroxylation is 1. The molecule has 0 fully saturated rings. The molecule has 0 aliphatic heterocycles. The molecule has 0 saturated heterocycles. The van der Waals surface area contributed by atoms with Gasteiger partial charge in [-0.1, -0.05) is 0 Å². The van der Waals surface area contributed by atoms with Crippen LogP contribution in [0.4, 0.5) is 10.1 Å². The number of nitrogens with zero attached hydrogens (tertiary/aromatic N) is 1. The summed E-state index contributed by atoms with van der Waals surface area (Å²) >= 11 is 3.77. The molecule has 1 atom stereocenters. The van der Waals surface area contributed by atoms with E-state index >= 15 is 0 Å². The molecule has 5 heteroatoms. The second kappa shape index (κ2) is 5.30. The number of hydrogen-bond acceptors (Lipinski definition) is 3. The lowest BCUT2D eigenvalue weighted by Gasteiger charge is -2.15. The minimum atomic E-state index is -0.207. The molecule has 1 unspecified atom stereocenters. The number of halogens is 2. The summed E-state index contributed by atoms with van der Waals surface area (Å²) in [6, 6.07) is 4.94. The molecule has 0 aliphatic rings. The van der Waals surface area contributed by atoms with Crippen LogP contribution >= 0.6 is 33.9 Å². The molecule has 0 bridgehead atoms. The van der Waals surface area contributed by atoms with E-state index in [-0.39, 0.29) is 11.9 Å². The summed E-state index contributed by atoms with van der Waals surface area (Å²) in [6.07, 6.45) is 0. The molecule has 1 heterocycles. The number of benzene rings is 1. The fraction of sp³-hybridized carbons (Fsp3) is 0.250. The number of thiazole rings is 1. The highest BCUT2D eigenvalue weighted by molar-refractivity contribution is 14.1. The molecule has 1 N–H and O–H groups in total. The highest BCUT2D eigenvalue weighted by Crippen LogP contribution is 2.27. The van der Waals surface area contributed by atoms with Crippen LogP contribution in [0.2, 0.25) is 0 Å². The first-order valence-corrected chi connectivity index (χ1v) is 7.15. The summed E-state index contributed by atoms with van der Waals surface area (Å²) < 4.78 is 13.9. The lowest BCUT2D eigenvalue weighted by atomic mass is 10.2. The van der Waals surface area contributed by atoms with Gasteiger partial charge in [-0.15, -0.1) is 11.3 Å². The van der Waals surface area contributed by atoms with Gasteiger partial charge in [0.1, 0.15) is 5.82 Å². The fourth-order valence-corrected chi connectivity index (χ4v) is 3.08. The van der Waals surface area contributed by atoms with Gasteiger partial charge in [-0.05, 0) is 54.6 Å². The number of anilines is 1. The molecule has 2 aromatic rings. The van der Waals surface area contributed by atoms with Gasteiger partial charge in [-0.25, -0.2) is 9.37 Å². The summed E-state index contributed by atoms with van der Waals surface area (Å²) in [5.41, 5.74) is 3.85. The van der Waals surface area contributed by atoms with Crippen molar-refractivity contribution in [2.45, 2.75) is 19.9 Å². The smallest absolute Gasteiger partial charge is 0.124 e. The van der Waals surface area contributed by atoms with Gasteiger partial charge in [0.05, 0.1) is 17.2 Å². The quantitative estimate of drug-likeness (QED) is 0.821. The van der Waals surface area contributed by atoms with E-state index in [0.29, 0.717) is 0 Å². The SMILES string of the molecule is Cc1ncsc1C(C)Nc1ccc(F)cc1I. The van der Waals surface area contributed by atoms with Gasteiger partial charge in [-0.2, -0.15) is 0 Å². The molecule has 0 spiro atoms. The molecule has 2 nitrogen and oxygen atoms in total. The molecule has 0 aliphatic carbocycles. The largest absolute Gasteiger partial charge is 0.377 e. The van der Waals surface area contributed by atoms with Crippen LogP contribution in [-0.2, 0) is 0 Å². The lowest BCUT2D eigenvalue weighted by Crippen LogP contribution is -2.07. The van der Waals surface area contributed by atoms with Crippen LogP contribution in [0.3, 0.4) is 0 Å². The first kappa shape index (κ1) is 12.8. The number of aromatic nitrogens is 1. The molecule has 1 aromatic carbocycles. The Hall–Kier alpha value is -0.690. The van der Waals surface area contributed by atoms with Crippen molar-refractivity contribution in [3.63, 3.8) is 0 Å². The Kier molecular flexibility index (Phi) is 3.98. The first-order valence-electron chi connectivity index (χ1n) is 5.19. The molecule has 2 rings (SSSR count). The molecular formula is C12H12FIN2S. The highest BCUT2D eigenvalue weighted by Gasteiger charge is 2.12. The van der Waals surface area contributed by atoms with E-state index in [0.717, 1.165) is 15.0 Å². The Balaban J connectivity index is 2.19. The normalized spacial score (nSPS) is 12.5. The summed E-state index contributed by atoms with van der Waals surface area (Å²) in [5.74, 6) is -0.207.